The molecule has 3 N–H and O–H groups in total. The number of fused-ring (bicyclic) bond motifs is 1. The van der Waals surface area contributed by atoms with E-state index in [0.29, 0.717) is 11.3 Å². The van der Waals surface area contributed by atoms with Gasteiger partial charge < -0.3 is 16.0 Å². The van der Waals surface area contributed by atoms with Crippen LogP contribution in [-0.4, -0.2) is 33.2 Å². The lowest BCUT2D eigenvalue weighted by Gasteiger charge is -2.28. The van der Waals surface area contributed by atoms with Crippen molar-refractivity contribution in [3.63, 3.8) is 0 Å². The van der Waals surface area contributed by atoms with Crippen LogP contribution in [0.1, 0.15) is 16.1 Å². The summed E-state index contributed by atoms with van der Waals surface area (Å²) in [7, 11) is 0. The standard InChI is InChI=1S/C20H15ClF3N5O2/c21-11-8-10(4-5-12(11)22)18-16(19(25)30)15-9-28(6-7-29(15)27-18)20(31)26-14-3-1-2-13(23)17(14)24/h1-5,8H,6-7,9H2,(H2,25,30)(H,26,31). The van der Waals surface area contributed by atoms with E-state index in [1.54, 1.807) is 0 Å². The number of anilines is 1. The maximum atomic E-state index is 13.9. The van der Waals surface area contributed by atoms with Gasteiger partial charge in [0.1, 0.15) is 11.5 Å². The van der Waals surface area contributed by atoms with E-state index in [1.807, 2.05) is 0 Å². The van der Waals surface area contributed by atoms with Crippen LogP contribution >= 0.6 is 11.6 Å². The van der Waals surface area contributed by atoms with E-state index in [-0.39, 0.29) is 41.6 Å². The molecule has 31 heavy (non-hydrogen) atoms. The number of nitrogens with one attached hydrogen (secondary N) is 1. The predicted octanol–water partition coefficient (Wildman–Crippen LogP) is 3.77. The molecule has 0 spiro atoms. The van der Waals surface area contributed by atoms with Gasteiger partial charge >= 0.3 is 6.03 Å². The fourth-order valence-electron chi connectivity index (χ4n) is 3.39. The Kier molecular flexibility index (Phi) is 5.32. The Morgan fingerprint density at radius 2 is 1.87 bits per heavy atom. The zero-order valence-corrected chi connectivity index (χ0v) is 16.6. The molecule has 3 amide bonds. The molecule has 11 heteroatoms. The summed E-state index contributed by atoms with van der Waals surface area (Å²) in [5, 5.41) is 6.56. The van der Waals surface area contributed by atoms with Gasteiger partial charge in [-0.15, -0.1) is 0 Å². The molecule has 3 aromatic rings. The lowest BCUT2D eigenvalue weighted by molar-refractivity contribution is 0.0997. The van der Waals surface area contributed by atoms with Crippen molar-refractivity contribution in [3.05, 3.63) is 70.1 Å². The largest absolute Gasteiger partial charge is 0.365 e. The molecule has 0 aliphatic carbocycles. The second kappa shape index (κ2) is 7.95. The average Bonchev–Trinajstić information content (AvgIpc) is 3.12. The lowest BCUT2D eigenvalue weighted by Crippen LogP contribution is -2.41. The SMILES string of the molecule is NC(=O)c1c(-c2ccc(F)c(Cl)c2)nn2c1CN(C(=O)Nc1cccc(F)c1F)CC2. The highest BCUT2D eigenvalue weighted by Crippen LogP contribution is 2.31. The van der Waals surface area contributed by atoms with Gasteiger partial charge in [0.2, 0.25) is 0 Å². The number of nitrogens with zero attached hydrogens (tertiary/aromatic N) is 3. The number of amides is 3. The molecule has 1 aliphatic rings. The quantitative estimate of drug-likeness (QED) is 0.637. The molecule has 0 fully saturated rings. The number of halogens is 4. The molecule has 4 rings (SSSR count). The first-order valence-corrected chi connectivity index (χ1v) is 9.49. The Morgan fingerprint density at radius 3 is 2.58 bits per heavy atom. The summed E-state index contributed by atoms with van der Waals surface area (Å²) in [5.74, 6) is -3.67. The number of hydrogen-bond donors (Lipinski definition) is 2. The van der Waals surface area contributed by atoms with E-state index < -0.39 is 29.4 Å². The summed E-state index contributed by atoms with van der Waals surface area (Å²) in [6.07, 6.45) is 0. The van der Waals surface area contributed by atoms with Gasteiger partial charge in [-0.2, -0.15) is 5.10 Å². The first-order chi connectivity index (χ1) is 14.8. The minimum atomic E-state index is -1.17. The molecule has 2 aromatic carbocycles. The Morgan fingerprint density at radius 1 is 1.10 bits per heavy atom. The molecule has 1 aliphatic heterocycles. The van der Waals surface area contributed by atoms with Crippen molar-refractivity contribution in [1.29, 1.82) is 0 Å². The van der Waals surface area contributed by atoms with Gasteiger partial charge in [0.05, 0.1) is 35.1 Å². The maximum absolute atomic E-state index is 13.9. The minimum absolute atomic E-state index is 0.0526. The number of hydrogen-bond acceptors (Lipinski definition) is 3. The summed E-state index contributed by atoms with van der Waals surface area (Å²) >= 11 is 5.84. The Balaban J connectivity index is 1.65. The van der Waals surface area contributed by atoms with Crippen molar-refractivity contribution in [2.24, 2.45) is 5.73 Å². The molecular weight excluding hydrogens is 435 g/mol. The number of nitrogens with two attached hydrogens (primary N) is 1. The molecule has 1 aromatic heterocycles. The molecule has 160 valence electrons. The van der Waals surface area contributed by atoms with E-state index in [0.717, 1.165) is 12.1 Å². The maximum Gasteiger partial charge on any atom is 0.322 e. The molecule has 0 saturated carbocycles. The highest BCUT2D eigenvalue weighted by Gasteiger charge is 2.30. The first-order valence-electron chi connectivity index (χ1n) is 9.11. The number of carbonyl (C=O) groups excluding carboxylic acids is 2. The molecule has 0 saturated heterocycles. The van der Waals surface area contributed by atoms with Crippen LogP contribution in [0.15, 0.2) is 36.4 Å². The Hall–Kier alpha value is -3.53. The van der Waals surface area contributed by atoms with Crippen LogP contribution < -0.4 is 11.1 Å². The average molecular weight is 450 g/mol. The zero-order valence-electron chi connectivity index (χ0n) is 15.8. The van der Waals surface area contributed by atoms with Crippen LogP contribution in [0.3, 0.4) is 0 Å². The number of carbonyl (C=O) groups is 2. The third-order valence-corrected chi connectivity index (χ3v) is 5.19. The van der Waals surface area contributed by atoms with Gasteiger partial charge in [-0.05, 0) is 30.3 Å². The lowest BCUT2D eigenvalue weighted by atomic mass is 10.0. The van der Waals surface area contributed by atoms with Crippen molar-refractivity contribution < 1.29 is 22.8 Å². The number of urea groups is 1. The Labute approximate surface area is 179 Å². The van der Waals surface area contributed by atoms with Gasteiger partial charge in [0.15, 0.2) is 11.6 Å². The fourth-order valence-corrected chi connectivity index (χ4v) is 3.57. The second-order valence-corrected chi connectivity index (χ2v) is 7.25. The highest BCUT2D eigenvalue weighted by molar-refractivity contribution is 6.31. The van der Waals surface area contributed by atoms with E-state index in [1.165, 1.54) is 33.8 Å². The number of primary amides is 1. The van der Waals surface area contributed by atoms with Gasteiger partial charge in [-0.25, -0.2) is 18.0 Å². The molecule has 7 nitrogen and oxygen atoms in total. The van der Waals surface area contributed by atoms with Gasteiger partial charge in [-0.1, -0.05) is 17.7 Å². The summed E-state index contributed by atoms with van der Waals surface area (Å²) < 4.78 is 42.3. The van der Waals surface area contributed by atoms with Gasteiger partial charge in [-0.3, -0.25) is 9.48 Å². The normalized spacial score (nSPS) is 13.1. The van der Waals surface area contributed by atoms with Crippen LogP contribution in [-0.2, 0) is 13.1 Å². The summed E-state index contributed by atoms with van der Waals surface area (Å²) in [5.41, 5.74) is 6.29. The Bertz CT molecular complexity index is 1210. The number of rotatable bonds is 3. The van der Waals surface area contributed by atoms with E-state index in [9.17, 15) is 22.8 Å². The van der Waals surface area contributed by atoms with E-state index in [4.69, 9.17) is 17.3 Å². The topological polar surface area (TPSA) is 93.2 Å². The predicted molar refractivity (Wildman–Crippen MR) is 107 cm³/mol. The molecule has 0 bridgehead atoms. The van der Waals surface area contributed by atoms with Crippen LogP contribution in [0.5, 0.6) is 0 Å². The smallest absolute Gasteiger partial charge is 0.322 e. The third kappa shape index (κ3) is 3.81. The van der Waals surface area contributed by atoms with Gasteiger partial charge in [0, 0.05) is 12.1 Å². The van der Waals surface area contributed by atoms with E-state index in [2.05, 4.69) is 10.4 Å². The zero-order chi connectivity index (χ0) is 22.3. The minimum Gasteiger partial charge on any atom is -0.365 e. The monoisotopic (exact) mass is 449 g/mol. The first kappa shape index (κ1) is 20.7. The van der Waals surface area contributed by atoms with Crippen LogP contribution in [0.2, 0.25) is 5.02 Å². The van der Waals surface area contributed by atoms with Crippen LogP contribution in [0.4, 0.5) is 23.7 Å². The van der Waals surface area contributed by atoms with Crippen LogP contribution in [0, 0.1) is 17.5 Å². The fraction of sp³-hybridized carbons (Fsp3) is 0.150. The molecular formula is C20H15ClF3N5O2. The second-order valence-electron chi connectivity index (χ2n) is 6.84. The highest BCUT2D eigenvalue weighted by atomic mass is 35.5. The molecule has 0 radical (unpaired) electrons. The summed E-state index contributed by atoms with van der Waals surface area (Å²) in [4.78, 5) is 26.1. The van der Waals surface area contributed by atoms with Gasteiger partial charge in [0.25, 0.3) is 5.91 Å². The van der Waals surface area contributed by atoms with Crippen molar-refractivity contribution >= 4 is 29.2 Å². The van der Waals surface area contributed by atoms with E-state index >= 15 is 0 Å². The van der Waals surface area contributed by atoms with Crippen molar-refractivity contribution in [1.82, 2.24) is 14.7 Å². The van der Waals surface area contributed by atoms with Crippen LogP contribution in [0.25, 0.3) is 11.3 Å². The molecule has 0 atom stereocenters. The summed E-state index contributed by atoms with van der Waals surface area (Å²) in [6.45, 7) is 0.367. The number of aromatic nitrogens is 2. The van der Waals surface area contributed by atoms with Crippen molar-refractivity contribution in [2.45, 2.75) is 13.1 Å². The van der Waals surface area contributed by atoms with Crippen molar-refractivity contribution in [2.75, 3.05) is 11.9 Å². The number of benzene rings is 2. The third-order valence-electron chi connectivity index (χ3n) is 4.90. The van der Waals surface area contributed by atoms with Crippen molar-refractivity contribution in [3.8, 4) is 11.3 Å². The summed E-state index contributed by atoms with van der Waals surface area (Å²) in [6, 6.07) is 6.65. The molecule has 2 heterocycles. The molecule has 0 unspecified atom stereocenters.